The molecule has 0 bridgehead atoms. The molecular formula is C17H13N5O. The van der Waals surface area contributed by atoms with Crippen molar-refractivity contribution < 1.29 is 4.79 Å². The highest BCUT2D eigenvalue weighted by molar-refractivity contribution is 6.02. The molecule has 1 amide bonds. The van der Waals surface area contributed by atoms with Crippen LogP contribution in [-0.4, -0.2) is 15.9 Å². The fourth-order valence-electron chi connectivity index (χ4n) is 1.83. The molecule has 1 heterocycles. The summed E-state index contributed by atoms with van der Waals surface area (Å²) in [6.45, 7) is 0. The number of carbonyl (C=O) groups is 1. The Bertz CT molecular complexity index is 801. The first-order valence-corrected chi connectivity index (χ1v) is 6.95. The lowest BCUT2D eigenvalue weighted by Gasteiger charge is -2.04. The van der Waals surface area contributed by atoms with E-state index in [9.17, 15) is 4.79 Å². The van der Waals surface area contributed by atoms with Gasteiger partial charge in [0.15, 0.2) is 0 Å². The number of anilines is 1. The molecule has 23 heavy (non-hydrogen) atoms. The number of rotatable bonds is 4. The lowest BCUT2D eigenvalue weighted by Crippen LogP contribution is -2.13. The molecule has 0 unspecified atom stereocenters. The van der Waals surface area contributed by atoms with Gasteiger partial charge in [0.1, 0.15) is 5.69 Å². The van der Waals surface area contributed by atoms with Crippen molar-refractivity contribution in [3.05, 3.63) is 78.9 Å². The van der Waals surface area contributed by atoms with E-state index in [1.54, 1.807) is 24.3 Å². The van der Waals surface area contributed by atoms with Crippen LogP contribution in [0.3, 0.4) is 0 Å². The summed E-state index contributed by atoms with van der Waals surface area (Å²) in [5, 5.41) is 11.0. The summed E-state index contributed by atoms with van der Waals surface area (Å²) in [4.78, 5) is 19.8. The van der Waals surface area contributed by atoms with Crippen molar-refractivity contribution in [3.8, 4) is 0 Å². The average Bonchev–Trinajstić information content (AvgIpc) is 2.63. The third-order valence-corrected chi connectivity index (χ3v) is 2.96. The van der Waals surface area contributed by atoms with Gasteiger partial charge in [-0.05, 0) is 36.4 Å². The van der Waals surface area contributed by atoms with E-state index in [4.69, 9.17) is 0 Å². The van der Waals surface area contributed by atoms with Gasteiger partial charge in [0, 0.05) is 18.1 Å². The molecule has 0 aliphatic heterocycles. The van der Waals surface area contributed by atoms with Crippen molar-refractivity contribution in [2.45, 2.75) is 0 Å². The van der Waals surface area contributed by atoms with Crippen LogP contribution in [0, 0.1) is 0 Å². The van der Waals surface area contributed by atoms with E-state index in [-0.39, 0.29) is 11.6 Å². The highest BCUT2D eigenvalue weighted by atomic mass is 16.1. The third kappa shape index (κ3) is 4.04. The second kappa shape index (κ2) is 7.04. The number of carbonyl (C=O) groups excluding carboxylic acids is 1. The summed E-state index contributed by atoms with van der Waals surface area (Å²) in [5.74, 6) is -0.309. The smallest absolute Gasteiger partial charge is 0.275 e. The number of azo groups is 1. The summed E-state index contributed by atoms with van der Waals surface area (Å²) in [6, 6.07) is 16.5. The summed E-state index contributed by atoms with van der Waals surface area (Å²) in [5.41, 5.74) is 2.40. The van der Waals surface area contributed by atoms with Crippen molar-refractivity contribution in [3.63, 3.8) is 0 Å². The number of aromatic nitrogens is 2. The third-order valence-electron chi connectivity index (χ3n) is 2.96. The Morgan fingerprint density at radius 1 is 0.870 bits per heavy atom. The van der Waals surface area contributed by atoms with Crippen LogP contribution in [0.4, 0.5) is 17.1 Å². The SMILES string of the molecule is O=C(Nc1ccc(N=Nc2ccccc2)cc1)c1cnccn1. The van der Waals surface area contributed by atoms with Gasteiger partial charge in [-0.3, -0.25) is 9.78 Å². The van der Waals surface area contributed by atoms with Crippen molar-refractivity contribution in [1.82, 2.24) is 9.97 Å². The van der Waals surface area contributed by atoms with Crippen molar-refractivity contribution >= 4 is 23.0 Å². The summed E-state index contributed by atoms with van der Waals surface area (Å²) in [6.07, 6.45) is 4.41. The molecule has 0 aliphatic carbocycles. The minimum absolute atomic E-state index is 0.264. The highest BCUT2D eigenvalue weighted by Crippen LogP contribution is 2.20. The number of nitrogens with one attached hydrogen (secondary N) is 1. The molecule has 112 valence electrons. The normalized spacial score (nSPS) is 10.6. The zero-order valence-electron chi connectivity index (χ0n) is 12.1. The van der Waals surface area contributed by atoms with Crippen LogP contribution in [-0.2, 0) is 0 Å². The van der Waals surface area contributed by atoms with Crippen molar-refractivity contribution in [1.29, 1.82) is 0 Å². The Morgan fingerprint density at radius 2 is 1.57 bits per heavy atom. The van der Waals surface area contributed by atoms with E-state index >= 15 is 0 Å². The first-order chi connectivity index (χ1) is 11.3. The fraction of sp³-hybridized carbons (Fsp3) is 0. The first kappa shape index (κ1) is 14.5. The zero-order valence-corrected chi connectivity index (χ0v) is 12.1. The summed E-state index contributed by atoms with van der Waals surface area (Å²) in [7, 11) is 0. The van der Waals surface area contributed by atoms with Gasteiger partial charge in [0.25, 0.3) is 5.91 Å². The maximum Gasteiger partial charge on any atom is 0.275 e. The van der Waals surface area contributed by atoms with Gasteiger partial charge in [0.2, 0.25) is 0 Å². The Morgan fingerprint density at radius 3 is 2.22 bits per heavy atom. The monoisotopic (exact) mass is 303 g/mol. The van der Waals surface area contributed by atoms with E-state index in [2.05, 4.69) is 25.5 Å². The Hall–Kier alpha value is -3.41. The van der Waals surface area contributed by atoms with Crippen LogP contribution in [0.15, 0.2) is 83.4 Å². The maximum atomic E-state index is 12.0. The lowest BCUT2D eigenvalue weighted by molar-refractivity contribution is 0.102. The largest absolute Gasteiger partial charge is 0.321 e. The molecule has 1 aromatic heterocycles. The van der Waals surface area contributed by atoms with Crippen molar-refractivity contribution in [2.75, 3.05) is 5.32 Å². The second-order valence-corrected chi connectivity index (χ2v) is 4.63. The molecule has 0 fully saturated rings. The molecule has 6 nitrogen and oxygen atoms in total. The fourth-order valence-corrected chi connectivity index (χ4v) is 1.83. The van der Waals surface area contributed by atoms with Crippen LogP contribution in [0.1, 0.15) is 10.5 Å². The summed E-state index contributed by atoms with van der Waals surface area (Å²) >= 11 is 0. The van der Waals surface area contributed by atoms with E-state index < -0.39 is 0 Å². The minimum atomic E-state index is -0.309. The van der Waals surface area contributed by atoms with Crippen LogP contribution in [0.2, 0.25) is 0 Å². The predicted octanol–water partition coefficient (Wildman–Crippen LogP) is 4.14. The van der Waals surface area contributed by atoms with Crippen LogP contribution in [0.25, 0.3) is 0 Å². The zero-order chi connectivity index (χ0) is 15.9. The van der Waals surface area contributed by atoms with Crippen LogP contribution < -0.4 is 5.32 Å². The second-order valence-electron chi connectivity index (χ2n) is 4.63. The topological polar surface area (TPSA) is 79.6 Å². The molecule has 3 rings (SSSR count). The number of hydrogen-bond donors (Lipinski definition) is 1. The first-order valence-electron chi connectivity index (χ1n) is 6.95. The van der Waals surface area contributed by atoms with Gasteiger partial charge in [-0.1, -0.05) is 18.2 Å². The van der Waals surface area contributed by atoms with E-state index in [0.29, 0.717) is 11.4 Å². The Kier molecular flexibility index (Phi) is 4.44. The molecule has 0 saturated carbocycles. The molecule has 0 atom stereocenters. The van der Waals surface area contributed by atoms with E-state index in [1.165, 1.54) is 18.6 Å². The van der Waals surface area contributed by atoms with Gasteiger partial charge in [0.05, 0.1) is 17.6 Å². The van der Waals surface area contributed by atoms with Gasteiger partial charge in [-0.2, -0.15) is 10.2 Å². The molecule has 0 aliphatic rings. The quantitative estimate of drug-likeness (QED) is 0.735. The van der Waals surface area contributed by atoms with Gasteiger partial charge in [-0.15, -0.1) is 0 Å². The molecule has 3 aromatic rings. The van der Waals surface area contributed by atoms with Crippen LogP contribution in [0.5, 0.6) is 0 Å². The van der Waals surface area contributed by atoms with E-state index in [1.807, 2.05) is 30.3 Å². The van der Waals surface area contributed by atoms with Crippen molar-refractivity contribution in [2.24, 2.45) is 10.2 Å². The molecule has 6 heteroatoms. The Labute approximate surface area is 133 Å². The Balaban J connectivity index is 1.65. The minimum Gasteiger partial charge on any atom is -0.321 e. The van der Waals surface area contributed by atoms with E-state index in [0.717, 1.165) is 5.69 Å². The standard InChI is InChI=1S/C17H13N5O/c23-17(16-12-18-10-11-19-16)20-13-6-8-15(9-7-13)22-21-14-4-2-1-3-5-14/h1-12H,(H,20,23). The molecule has 0 radical (unpaired) electrons. The lowest BCUT2D eigenvalue weighted by atomic mass is 10.3. The van der Waals surface area contributed by atoms with Gasteiger partial charge in [-0.25, -0.2) is 4.98 Å². The number of benzene rings is 2. The molecular weight excluding hydrogens is 290 g/mol. The maximum absolute atomic E-state index is 12.0. The van der Waals surface area contributed by atoms with Gasteiger partial charge < -0.3 is 5.32 Å². The highest BCUT2D eigenvalue weighted by Gasteiger charge is 2.06. The van der Waals surface area contributed by atoms with Gasteiger partial charge >= 0.3 is 0 Å². The number of hydrogen-bond acceptors (Lipinski definition) is 5. The molecule has 0 saturated heterocycles. The molecule has 0 spiro atoms. The molecule has 1 N–H and O–H groups in total. The van der Waals surface area contributed by atoms with Crippen LogP contribution >= 0.6 is 0 Å². The summed E-state index contributed by atoms with van der Waals surface area (Å²) < 4.78 is 0. The number of amides is 1. The molecule has 2 aromatic carbocycles. The average molecular weight is 303 g/mol. The predicted molar refractivity (Wildman–Crippen MR) is 87.0 cm³/mol. The number of nitrogens with zero attached hydrogens (tertiary/aromatic N) is 4.